The topological polar surface area (TPSA) is 72.5 Å². The second-order valence-corrected chi connectivity index (χ2v) is 2.07. The predicted octanol–water partition coefficient (Wildman–Crippen LogP) is -0.575. The Morgan fingerprint density at radius 3 is 2.91 bits per heavy atom. The summed E-state index contributed by atoms with van der Waals surface area (Å²) in [5.41, 5.74) is 5.07. The average Bonchev–Trinajstić information content (AvgIpc) is 2.00. The van der Waals surface area contributed by atoms with Gasteiger partial charge in [0.05, 0.1) is 12.5 Å². The van der Waals surface area contributed by atoms with E-state index in [1.54, 1.807) is 0 Å². The molecule has 0 saturated heterocycles. The van der Waals surface area contributed by atoms with E-state index >= 15 is 0 Å². The summed E-state index contributed by atoms with van der Waals surface area (Å²) in [5, 5.41) is 8.88. The van der Waals surface area contributed by atoms with Gasteiger partial charge < -0.3 is 15.6 Å². The number of rotatable bonds is 5. The summed E-state index contributed by atoms with van der Waals surface area (Å²) in [6, 6.07) is 0. The van der Waals surface area contributed by atoms with Crippen LogP contribution >= 0.6 is 0 Å². The maximum Gasteiger partial charge on any atom is 0.308 e. The number of hydrogen-bond acceptors (Lipinski definition) is 4. The lowest BCUT2D eigenvalue weighted by atomic mass is 10.2. The normalized spacial score (nSPS) is 12.2. The first-order valence-electron chi connectivity index (χ1n) is 3.35. The van der Waals surface area contributed by atoms with Crippen LogP contribution in [0.1, 0.15) is 6.42 Å². The molecule has 0 aromatic rings. The first kappa shape index (κ1) is 10.1. The number of carbonyl (C=O) groups excluding carboxylic acids is 1. The highest BCUT2D eigenvalue weighted by Crippen LogP contribution is 1.92. The van der Waals surface area contributed by atoms with Crippen LogP contribution in [0.3, 0.4) is 0 Å². The van der Waals surface area contributed by atoms with E-state index in [4.69, 9.17) is 10.8 Å². The van der Waals surface area contributed by atoms with Gasteiger partial charge in [-0.1, -0.05) is 12.7 Å². The molecule has 0 rings (SSSR count). The third kappa shape index (κ3) is 5.57. The molecule has 0 fully saturated rings. The summed E-state index contributed by atoms with van der Waals surface area (Å²) in [5.74, 6) is -0.456. The molecule has 0 heterocycles. The van der Waals surface area contributed by atoms with E-state index in [9.17, 15) is 4.79 Å². The van der Waals surface area contributed by atoms with Crippen LogP contribution in [0, 0.1) is 0 Å². The number of aliphatic hydroxyl groups excluding tert-OH is 1. The van der Waals surface area contributed by atoms with Crippen molar-refractivity contribution in [3.63, 3.8) is 0 Å². The van der Waals surface area contributed by atoms with Crippen molar-refractivity contribution in [3.05, 3.63) is 12.7 Å². The van der Waals surface area contributed by atoms with Crippen LogP contribution in [-0.4, -0.2) is 30.3 Å². The fourth-order valence-electron chi connectivity index (χ4n) is 0.487. The lowest BCUT2D eigenvalue weighted by molar-refractivity contribution is -0.144. The molecule has 0 saturated carbocycles. The Labute approximate surface area is 65.6 Å². The SMILES string of the molecule is C=CCOC(=O)CC(O)CN. The van der Waals surface area contributed by atoms with E-state index in [0.717, 1.165) is 0 Å². The molecule has 11 heavy (non-hydrogen) atoms. The summed E-state index contributed by atoms with van der Waals surface area (Å²) in [7, 11) is 0. The van der Waals surface area contributed by atoms with Crippen molar-refractivity contribution in [3.8, 4) is 0 Å². The van der Waals surface area contributed by atoms with E-state index in [1.165, 1.54) is 6.08 Å². The molecule has 0 aliphatic rings. The summed E-state index contributed by atoms with van der Waals surface area (Å²) in [6.45, 7) is 3.62. The first-order valence-corrected chi connectivity index (χ1v) is 3.35. The molecular weight excluding hydrogens is 146 g/mol. The minimum Gasteiger partial charge on any atom is -0.461 e. The zero-order chi connectivity index (χ0) is 8.69. The van der Waals surface area contributed by atoms with Crippen LogP contribution < -0.4 is 5.73 Å². The third-order valence-corrected chi connectivity index (χ3v) is 1.04. The van der Waals surface area contributed by atoms with Gasteiger partial charge in [-0.3, -0.25) is 4.79 Å². The third-order valence-electron chi connectivity index (χ3n) is 1.04. The van der Waals surface area contributed by atoms with Gasteiger partial charge in [0.25, 0.3) is 0 Å². The van der Waals surface area contributed by atoms with Crippen molar-refractivity contribution >= 4 is 5.97 Å². The van der Waals surface area contributed by atoms with E-state index in [0.29, 0.717) is 0 Å². The molecule has 0 bridgehead atoms. The van der Waals surface area contributed by atoms with Gasteiger partial charge in [0, 0.05) is 6.54 Å². The molecule has 0 aliphatic carbocycles. The van der Waals surface area contributed by atoms with Gasteiger partial charge in [0.2, 0.25) is 0 Å². The fourth-order valence-corrected chi connectivity index (χ4v) is 0.487. The second kappa shape index (κ2) is 5.88. The lowest BCUT2D eigenvalue weighted by Crippen LogP contribution is -2.24. The summed E-state index contributed by atoms with van der Waals surface area (Å²) in [6.07, 6.45) is 0.615. The zero-order valence-electron chi connectivity index (χ0n) is 6.32. The van der Waals surface area contributed by atoms with Crippen LogP contribution in [0.5, 0.6) is 0 Å². The van der Waals surface area contributed by atoms with Gasteiger partial charge in [0.1, 0.15) is 6.61 Å². The van der Waals surface area contributed by atoms with Crippen LogP contribution in [0.2, 0.25) is 0 Å². The fraction of sp³-hybridized carbons (Fsp3) is 0.571. The minimum atomic E-state index is -0.799. The van der Waals surface area contributed by atoms with Crippen LogP contribution in [-0.2, 0) is 9.53 Å². The van der Waals surface area contributed by atoms with E-state index < -0.39 is 12.1 Å². The molecule has 1 atom stereocenters. The van der Waals surface area contributed by atoms with Crippen molar-refractivity contribution in [2.24, 2.45) is 5.73 Å². The highest BCUT2D eigenvalue weighted by molar-refractivity contribution is 5.70. The second-order valence-electron chi connectivity index (χ2n) is 2.07. The summed E-state index contributed by atoms with van der Waals surface area (Å²) in [4.78, 5) is 10.7. The van der Waals surface area contributed by atoms with Crippen molar-refractivity contribution in [2.45, 2.75) is 12.5 Å². The molecule has 0 spiro atoms. The largest absolute Gasteiger partial charge is 0.461 e. The molecule has 4 heteroatoms. The molecule has 4 nitrogen and oxygen atoms in total. The highest BCUT2D eigenvalue weighted by Gasteiger charge is 2.08. The Kier molecular flexibility index (Phi) is 5.42. The maximum atomic E-state index is 10.7. The first-order chi connectivity index (χ1) is 5.20. The Hall–Kier alpha value is -0.870. The van der Waals surface area contributed by atoms with Gasteiger partial charge in [-0.15, -0.1) is 0 Å². The van der Waals surface area contributed by atoms with Gasteiger partial charge in [-0.05, 0) is 0 Å². The summed E-state index contributed by atoms with van der Waals surface area (Å²) >= 11 is 0. The average molecular weight is 159 g/mol. The molecule has 0 radical (unpaired) electrons. The predicted molar refractivity (Wildman–Crippen MR) is 40.8 cm³/mol. The Morgan fingerprint density at radius 2 is 2.45 bits per heavy atom. The molecular formula is C7H13NO3. The molecule has 3 N–H and O–H groups in total. The Balaban J connectivity index is 3.43. The number of esters is 1. The van der Waals surface area contributed by atoms with Crippen LogP contribution in [0.25, 0.3) is 0 Å². The van der Waals surface area contributed by atoms with Crippen molar-refractivity contribution < 1.29 is 14.6 Å². The molecule has 64 valence electrons. The maximum absolute atomic E-state index is 10.7. The molecule has 0 aromatic carbocycles. The monoisotopic (exact) mass is 159 g/mol. The van der Waals surface area contributed by atoms with Crippen LogP contribution in [0.4, 0.5) is 0 Å². The van der Waals surface area contributed by atoms with Crippen molar-refractivity contribution in [1.29, 1.82) is 0 Å². The van der Waals surface area contributed by atoms with Gasteiger partial charge >= 0.3 is 5.97 Å². The van der Waals surface area contributed by atoms with E-state index in [1.807, 2.05) is 0 Å². The highest BCUT2D eigenvalue weighted by atomic mass is 16.5. The molecule has 0 amide bonds. The van der Waals surface area contributed by atoms with Gasteiger partial charge in [0.15, 0.2) is 0 Å². The quantitative estimate of drug-likeness (QED) is 0.416. The molecule has 0 aliphatic heterocycles. The Morgan fingerprint density at radius 1 is 1.82 bits per heavy atom. The van der Waals surface area contributed by atoms with E-state index in [2.05, 4.69) is 11.3 Å². The smallest absolute Gasteiger partial charge is 0.308 e. The van der Waals surface area contributed by atoms with Crippen LogP contribution in [0.15, 0.2) is 12.7 Å². The van der Waals surface area contributed by atoms with Crippen molar-refractivity contribution in [2.75, 3.05) is 13.2 Å². The van der Waals surface area contributed by atoms with Crippen molar-refractivity contribution in [1.82, 2.24) is 0 Å². The summed E-state index contributed by atoms with van der Waals surface area (Å²) < 4.78 is 4.59. The van der Waals surface area contributed by atoms with E-state index in [-0.39, 0.29) is 19.6 Å². The Bertz CT molecular complexity index is 136. The molecule has 1 unspecified atom stereocenters. The number of ether oxygens (including phenoxy) is 1. The van der Waals surface area contributed by atoms with Gasteiger partial charge in [-0.25, -0.2) is 0 Å². The number of carbonyl (C=O) groups is 1. The standard InChI is InChI=1S/C7H13NO3/c1-2-3-11-7(10)4-6(9)5-8/h2,6,9H,1,3-5,8H2. The minimum absolute atomic E-state index is 0.0513. The zero-order valence-corrected chi connectivity index (χ0v) is 6.32. The number of aliphatic hydroxyl groups is 1. The lowest BCUT2D eigenvalue weighted by Gasteiger charge is -2.05. The number of nitrogens with two attached hydrogens (primary N) is 1. The molecule has 0 aromatic heterocycles. The number of hydrogen-bond donors (Lipinski definition) is 2. The van der Waals surface area contributed by atoms with Gasteiger partial charge in [-0.2, -0.15) is 0 Å².